The molecule has 0 saturated heterocycles. The molecule has 11 heteroatoms. The summed E-state index contributed by atoms with van der Waals surface area (Å²) in [6.07, 6.45) is 0. The van der Waals surface area contributed by atoms with Gasteiger partial charge in [0.1, 0.15) is 9.15 Å². The van der Waals surface area contributed by atoms with Crippen LogP contribution in [0.2, 0.25) is 0 Å². The first-order valence-electron chi connectivity index (χ1n) is 3.90. The average Bonchev–Trinajstić information content (AvgIpc) is 1.98. The first-order chi connectivity index (χ1) is 7.01. The molecular formula is C5H12NO6S4-. The Morgan fingerprint density at radius 1 is 1.19 bits per heavy atom. The van der Waals surface area contributed by atoms with Crippen LogP contribution in [0.15, 0.2) is 0 Å². The minimum absolute atomic E-state index is 0.0195. The molecule has 0 aliphatic rings. The van der Waals surface area contributed by atoms with Gasteiger partial charge in [0, 0.05) is 17.5 Å². The van der Waals surface area contributed by atoms with Crippen LogP contribution in [0.4, 0.5) is 0 Å². The molecular weight excluding hydrogens is 298 g/mol. The molecule has 0 radical (unpaired) electrons. The third kappa shape index (κ3) is 9.69. The van der Waals surface area contributed by atoms with Crippen LogP contribution in [-0.4, -0.2) is 62.5 Å². The smallest absolute Gasteiger partial charge is 0.319 e. The van der Waals surface area contributed by atoms with Crippen LogP contribution in [0.1, 0.15) is 0 Å². The van der Waals surface area contributed by atoms with Crippen LogP contribution in [-0.2, 0) is 18.3 Å². The van der Waals surface area contributed by atoms with E-state index in [1.165, 1.54) is 0 Å². The van der Waals surface area contributed by atoms with Gasteiger partial charge in [-0.1, -0.05) is 0 Å². The lowest BCUT2D eigenvalue weighted by Gasteiger charge is -2.23. The van der Waals surface area contributed by atoms with Gasteiger partial charge in [0.15, 0.2) is 0 Å². The van der Waals surface area contributed by atoms with Gasteiger partial charge in [0.05, 0.1) is 0 Å². The van der Waals surface area contributed by atoms with Crippen LogP contribution in [0.25, 0.3) is 0 Å². The molecule has 0 aromatic rings. The SMILES string of the molecule is CN(C)C(CSS(=O)(=O)[O-])CSS(=O)(=O)O. The minimum Gasteiger partial charge on any atom is -0.739 e. The maximum absolute atomic E-state index is 10.5. The summed E-state index contributed by atoms with van der Waals surface area (Å²) in [7, 11) is -4.80. The van der Waals surface area contributed by atoms with E-state index in [1.807, 2.05) is 0 Å². The molecule has 0 bridgehead atoms. The van der Waals surface area contributed by atoms with Crippen molar-refractivity contribution in [2.45, 2.75) is 6.04 Å². The van der Waals surface area contributed by atoms with Gasteiger partial charge in [-0.3, -0.25) is 4.55 Å². The molecule has 0 amide bonds. The van der Waals surface area contributed by atoms with E-state index in [2.05, 4.69) is 0 Å². The van der Waals surface area contributed by atoms with E-state index in [4.69, 9.17) is 4.55 Å². The third-order valence-corrected chi connectivity index (χ3v) is 5.75. The predicted octanol–water partition coefficient (Wildman–Crippen LogP) is -0.354. The summed E-state index contributed by atoms with van der Waals surface area (Å²) in [4.78, 5) is 1.58. The highest BCUT2D eigenvalue weighted by Crippen LogP contribution is 2.18. The number of hydrogen-bond acceptors (Lipinski definition) is 8. The minimum atomic E-state index is -4.39. The second kappa shape index (κ2) is 6.42. The first-order valence-corrected chi connectivity index (χ1v) is 9.75. The Hall–Kier alpha value is 0.480. The summed E-state index contributed by atoms with van der Waals surface area (Å²) < 4.78 is 60.6. The maximum Gasteiger partial charge on any atom is 0.319 e. The molecule has 0 saturated carbocycles. The van der Waals surface area contributed by atoms with Gasteiger partial charge in [-0.25, -0.2) is 8.42 Å². The molecule has 0 heterocycles. The Balaban J connectivity index is 4.30. The zero-order valence-corrected chi connectivity index (χ0v) is 11.8. The van der Waals surface area contributed by atoms with E-state index in [0.717, 1.165) is 0 Å². The van der Waals surface area contributed by atoms with Crippen LogP contribution >= 0.6 is 21.6 Å². The van der Waals surface area contributed by atoms with E-state index in [0.29, 0.717) is 10.8 Å². The molecule has 0 aliphatic carbocycles. The van der Waals surface area contributed by atoms with Gasteiger partial charge in [0.2, 0.25) is 0 Å². The zero-order chi connectivity index (χ0) is 13.0. The maximum atomic E-state index is 10.5. The fourth-order valence-corrected chi connectivity index (χ4v) is 4.27. The van der Waals surface area contributed by atoms with E-state index in [-0.39, 0.29) is 22.3 Å². The second-order valence-electron chi connectivity index (χ2n) is 3.02. The van der Waals surface area contributed by atoms with Crippen LogP contribution in [0.5, 0.6) is 0 Å². The van der Waals surface area contributed by atoms with Gasteiger partial charge in [-0.05, 0) is 35.7 Å². The van der Waals surface area contributed by atoms with Gasteiger partial charge in [0.25, 0.3) is 0 Å². The molecule has 7 nitrogen and oxygen atoms in total. The summed E-state index contributed by atoms with van der Waals surface area (Å²) in [5.74, 6) is -0.0737. The Bertz CT molecular complexity index is 365. The number of hydrogen-bond donors (Lipinski definition) is 1. The Morgan fingerprint density at radius 2 is 1.62 bits per heavy atom. The van der Waals surface area contributed by atoms with E-state index in [9.17, 15) is 21.4 Å². The molecule has 0 aliphatic heterocycles. The molecule has 98 valence electrons. The lowest BCUT2D eigenvalue weighted by molar-refractivity contribution is 0.345. The molecule has 16 heavy (non-hydrogen) atoms. The van der Waals surface area contributed by atoms with Crippen molar-refractivity contribution in [1.29, 1.82) is 0 Å². The Kier molecular flexibility index (Phi) is 6.62. The van der Waals surface area contributed by atoms with Gasteiger partial charge in [-0.2, -0.15) is 8.42 Å². The molecule has 1 unspecified atom stereocenters. The average molecular weight is 310 g/mol. The van der Waals surface area contributed by atoms with Gasteiger partial charge >= 0.3 is 9.15 Å². The molecule has 0 spiro atoms. The molecule has 1 N–H and O–H groups in total. The molecule has 1 atom stereocenters. The predicted molar refractivity (Wildman–Crippen MR) is 63.6 cm³/mol. The summed E-state index contributed by atoms with van der Waals surface area (Å²) in [6, 6.07) is -0.444. The normalized spacial score (nSPS) is 15.3. The van der Waals surface area contributed by atoms with Crippen molar-refractivity contribution in [3.05, 3.63) is 0 Å². The number of rotatable bonds is 7. The van der Waals surface area contributed by atoms with Crippen LogP contribution < -0.4 is 0 Å². The second-order valence-corrected chi connectivity index (χ2v) is 9.74. The van der Waals surface area contributed by atoms with Gasteiger partial charge < -0.3 is 9.45 Å². The fourth-order valence-electron chi connectivity index (χ4n) is 0.673. The number of nitrogens with zero attached hydrogens (tertiary/aromatic N) is 1. The van der Waals surface area contributed by atoms with Crippen molar-refractivity contribution >= 4 is 39.9 Å². The topological polar surface area (TPSA) is 115 Å². The highest BCUT2D eigenvalue weighted by Gasteiger charge is 2.17. The lowest BCUT2D eigenvalue weighted by atomic mass is 10.4. The van der Waals surface area contributed by atoms with Crippen molar-refractivity contribution in [2.24, 2.45) is 0 Å². The summed E-state index contributed by atoms with van der Waals surface area (Å²) in [6.45, 7) is 0. The quantitative estimate of drug-likeness (QED) is 0.497. The van der Waals surface area contributed by atoms with E-state index < -0.39 is 24.3 Å². The van der Waals surface area contributed by atoms with Crippen LogP contribution in [0.3, 0.4) is 0 Å². The highest BCUT2D eigenvalue weighted by molar-refractivity contribution is 8.70. The third-order valence-electron chi connectivity index (χ3n) is 1.54. The first kappa shape index (κ1) is 16.5. The largest absolute Gasteiger partial charge is 0.739 e. The molecule has 0 fully saturated rings. The lowest BCUT2D eigenvalue weighted by Crippen LogP contribution is -2.33. The van der Waals surface area contributed by atoms with Crippen molar-refractivity contribution < 1.29 is 25.9 Å². The van der Waals surface area contributed by atoms with Crippen LogP contribution in [0, 0.1) is 0 Å². The van der Waals surface area contributed by atoms with E-state index >= 15 is 0 Å². The summed E-state index contributed by atoms with van der Waals surface area (Å²) >= 11 is 0. The molecule has 0 aromatic carbocycles. The van der Waals surface area contributed by atoms with E-state index in [1.54, 1.807) is 19.0 Å². The zero-order valence-electron chi connectivity index (χ0n) is 8.56. The highest BCUT2D eigenvalue weighted by atomic mass is 33.2. The van der Waals surface area contributed by atoms with Crippen molar-refractivity contribution in [3.63, 3.8) is 0 Å². The van der Waals surface area contributed by atoms with Crippen molar-refractivity contribution in [2.75, 3.05) is 25.6 Å². The van der Waals surface area contributed by atoms with Gasteiger partial charge in [-0.15, -0.1) is 0 Å². The molecule has 0 aromatic heterocycles. The Labute approximate surface area is 102 Å². The fraction of sp³-hybridized carbons (Fsp3) is 1.00. The molecule has 0 rings (SSSR count). The monoisotopic (exact) mass is 310 g/mol. The van der Waals surface area contributed by atoms with Crippen molar-refractivity contribution in [3.8, 4) is 0 Å². The Morgan fingerprint density at radius 3 is 1.94 bits per heavy atom. The van der Waals surface area contributed by atoms with Crippen molar-refractivity contribution in [1.82, 2.24) is 4.90 Å². The standard InChI is InChI=1S/C5H13NO6S4/c1-6(2)5(3-13-15(7,8)9)4-14-16(10,11)12/h5H,3-4H2,1-2H3,(H,7,8,9)(H,10,11,12)/p-1. The summed E-state index contributed by atoms with van der Waals surface area (Å²) in [5.41, 5.74) is 0. The summed E-state index contributed by atoms with van der Waals surface area (Å²) in [5, 5.41) is 0.